The van der Waals surface area contributed by atoms with Crippen molar-refractivity contribution < 1.29 is 0 Å². The Morgan fingerprint density at radius 1 is 1.40 bits per heavy atom. The summed E-state index contributed by atoms with van der Waals surface area (Å²) in [6.45, 7) is 0.530. The van der Waals surface area contributed by atoms with Gasteiger partial charge in [0.1, 0.15) is 12.9 Å². The van der Waals surface area contributed by atoms with Crippen molar-refractivity contribution in [1.29, 1.82) is 0 Å². The van der Waals surface area contributed by atoms with Gasteiger partial charge in [0.25, 0.3) is 0 Å². The summed E-state index contributed by atoms with van der Waals surface area (Å²) in [5, 5.41) is 7.53. The smallest absolute Gasteiger partial charge is 0.155 e. The van der Waals surface area contributed by atoms with Crippen molar-refractivity contribution in [3.63, 3.8) is 0 Å². The topological polar surface area (TPSA) is 76.5 Å². The van der Waals surface area contributed by atoms with E-state index in [0.717, 1.165) is 5.69 Å². The zero-order valence-corrected chi connectivity index (χ0v) is 5.15. The number of nitrogen functional groups attached to an aromatic ring is 1. The Kier molecular flexibility index (Phi) is 0.913. The Morgan fingerprint density at radius 2 is 2.30 bits per heavy atom. The van der Waals surface area contributed by atoms with Gasteiger partial charge in [0.05, 0.1) is 5.69 Å². The summed E-state index contributed by atoms with van der Waals surface area (Å²) in [5.74, 6) is 0.409. The van der Waals surface area contributed by atoms with Crippen molar-refractivity contribution in [2.24, 2.45) is 10.2 Å². The number of fused-ring (bicyclic) bond motifs is 1. The van der Waals surface area contributed by atoms with Gasteiger partial charge in [0, 0.05) is 0 Å². The lowest BCUT2D eigenvalue weighted by molar-refractivity contribution is 0.985. The second-order valence-corrected chi connectivity index (χ2v) is 1.95. The average molecular weight is 135 g/mol. The van der Waals surface area contributed by atoms with E-state index in [-0.39, 0.29) is 0 Å². The first-order valence-electron chi connectivity index (χ1n) is 2.85. The molecule has 2 N–H and O–H groups in total. The second kappa shape index (κ2) is 1.73. The van der Waals surface area contributed by atoms with Crippen LogP contribution in [0.2, 0.25) is 0 Å². The van der Waals surface area contributed by atoms with Crippen LogP contribution >= 0.6 is 0 Å². The van der Waals surface area contributed by atoms with E-state index in [1.54, 1.807) is 0 Å². The number of rotatable bonds is 0. The van der Waals surface area contributed by atoms with Gasteiger partial charge in [0.15, 0.2) is 11.5 Å². The average Bonchev–Trinajstić information content (AvgIpc) is 2.36. The molecule has 0 amide bonds. The molecule has 1 aliphatic heterocycles. The molecule has 0 saturated heterocycles. The molecule has 1 aromatic rings. The minimum atomic E-state index is 0.409. The summed E-state index contributed by atoms with van der Waals surface area (Å²) in [4.78, 5) is 7.71. The molecule has 0 unspecified atom stereocenters. The van der Waals surface area contributed by atoms with Gasteiger partial charge in [-0.05, 0) is 0 Å². The van der Waals surface area contributed by atoms with Gasteiger partial charge >= 0.3 is 0 Å². The molecule has 5 heteroatoms. The first-order valence-corrected chi connectivity index (χ1v) is 2.85. The molecule has 0 saturated carbocycles. The SMILES string of the molecule is Nc1ncnc2c1N=NC2. The second-order valence-electron chi connectivity index (χ2n) is 1.95. The standard InChI is InChI=1S/C5H5N5/c6-5-4-3(1-9-10-4)7-2-8-5/h2H,1H2,(H2,6,7,8). The van der Waals surface area contributed by atoms with Gasteiger partial charge in [-0.1, -0.05) is 0 Å². The predicted octanol–water partition coefficient (Wildman–Crippen LogP) is 0.656. The normalized spacial score (nSPS) is 13.6. The van der Waals surface area contributed by atoms with Gasteiger partial charge in [-0.25, -0.2) is 9.97 Å². The van der Waals surface area contributed by atoms with E-state index in [1.807, 2.05) is 0 Å². The van der Waals surface area contributed by atoms with E-state index in [0.29, 0.717) is 18.1 Å². The Balaban J connectivity index is 2.67. The van der Waals surface area contributed by atoms with Crippen LogP contribution in [0.3, 0.4) is 0 Å². The number of nitrogens with two attached hydrogens (primary N) is 1. The number of nitrogens with zero attached hydrogens (tertiary/aromatic N) is 4. The monoisotopic (exact) mass is 135 g/mol. The fourth-order valence-electron chi connectivity index (χ4n) is 0.829. The molecular weight excluding hydrogens is 130 g/mol. The molecule has 2 rings (SSSR count). The van der Waals surface area contributed by atoms with Crippen LogP contribution in [0, 0.1) is 0 Å². The van der Waals surface area contributed by atoms with Crippen molar-refractivity contribution in [2.45, 2.75) is 6.54 Å². The Labute approximate surface area is 57.0 Å². The fraction of sp³-hybridized carbons (Fsp3) is 0.200. The highest BCUT2D eigenvalue weighted by Gasteiger charge is 2.11. The quantitative estimate of drug-likeness (QED) is 0.567. The highest BCUT2D eigenvalue weighted by atomic mass is 15.2. The van der Waals surface area contributed by atoms with Gasteiger partial charge in [-0.3, -0.25) is 0 Å². The summed E-state index contributed by atoms with van der Waals surface area (Å²) in [6, 6.07) is 0. The van der Waals surface area contributed by atoms with Crippen LogP contribution < -0.4 is 5.73 Å². The third-order valence-electron chi connectivity index (χ3n) is 1.32. The minimum absolute atomic E-state index is 0.409. The molecule has 2 heterocycles. The summed E-state index contributed by atoms with van der Waals surface area (Å²) in [6.07, 6.45) is 1.42. The Morgan fingerprint density at radius 3 is 3.10 bits per heavy atom. The summed E-state index contributed by atoms with van der Waals surface area (Å²) >= 11 is 0. The summed E-state index contributed by atoms with van der Waals surface area (Å²) in [7, 11) is 0. The minimum Gasteiger partial charge on any atom is -0.382 e. The van der Waals surface area contributed by atoms with Crippen molar-refractivity contribution in [3.05, 3.63) is 12.0 Å². The zero-order valence-electron chi connectivity index (χ0n) is 5.15. The molecule has 1 aliphatic rings. The first kappa shape index (κ1) is 5.28. The molecule has 10 heavy (non-hydrogen) atoms. The number of hydrogen-bond donors (Lipinski definition) is 1. The largest absolute Gasteiger partial charge is 0.382 e. The Hall–Kier alpha value is -1.52. The van der Waals surface area contributed by atoms with Gasteiger partial charge in [-0.15, -0.1) is 5.11 Å². The van der Waals surface area contributed by atoms with Crippen LogP contribution in [0.15, 0.2) is 16.6 Å². The van der Waals surface area contributed by atoms with Crippen LogP contribution in [-0.2, 0) is 6.54 Å². The van der Waals surface area contributed by atoms with E-state index >= 15 is 0 Å². The number of azo groups is 1. The lowest BCUT2D eigenvalue weighted by Crippen LogP contribution is -1.93. The van der Waals surface area contributed by atoms with Crippen LogP contribution in [0.5, 0.6) is 0 Å². The summed E-state index contributed by atoms with van der Waals surface area (Å²) in [5.41, 5.74) is 6.91. The van der Waals surface area contributed by atoms with Crippen molar-refractivity contribution in [1.82, 2.24) is 9.97 Å². The molecule has 0 fully saturated rings. The van der Waals surface area contributed by atoms with E-state index in [4.69, 9.17) is 5.73 Å². The van der Waals surface area contributed by atoms with Crippen LogP contribution in [-0.4, -0.2) is 9.97 Å². The lowest BCUT2D eigenvalue weighted by atomic mass is 10.3. The van der Waals surface area contributed by atoms with Gasteiger partial charge in [0.2, 0.25) is 0 Å². The molecule has 0 aromatic carbocycles. The maximum absolute atomic E-state index is 5.47. The van der Waals surface area contributed by atoms with Crippen LogP contribution in [0.1, 0.15) is 5.69 Å². The maximum Gasteiger partial charge on any atom is 0.155 e. The third kappa shape index (κ3) is 0.570. The molecular formula is C5H5N5. The van der Waals surface area contributed by atoms with E-state index in [2.05, 4.69) is 20.2 Å². The van der Waals surface area contributed by atoms with Crippen molar-refractivity contribution >= 4 is 11.5 Å². The number of hydrogen-bond acceptors (Lipinski definition) is 5. The maximum atomic E-state index is 5.47. The fourth-order valence-corrected chi connectivity index (χ4v) is 0.829. The molecule has 0 spiro atoms. The number of anilines is 1. The highest BCUT2D eigenvalue weighted by Crippen LogP contribution is 2.28. The van der Waals surface area contributed by atoms with E-state index < -0.39 is 0 Å². The first-order chi connectivity index (χ1) is 4.88. The highest BCUT2D eigenvalue weighted by molar-refractivity contribution is 5.60. The van der Waals surface area contributed by atoms with Gasteiger partial charge < -0.3 is 5.73 Å². The molecule has 0 aliphatic carbocycles. The molecule has 50 valence electrons. The van der Waals surface area contributed by atoms with Crippen LogP contribution in [0.25, 0.3) is 0 Å². The third-order valence-corrected chi connectivity index (χ3v) is 1.32. The predicted molar refractivity (Wildman–Crippen MR) is 34.7 cm³/mol. The Bertz CT molecular complexity index is 292. The number of aromatic nitrogens is 2. The van der Waals surface area contributed by atoms with E-state index in [9.17, 15) is 0 Å². The molecule has 5 nitrogen and oxygen atoms in total. The lowest BCUT2D eigenvalue weighted by Gasteiger charge is -1.94. The van der Waals surface area contributed by atoms with Crippen molar-refractivity contribution in [2.75, 3.05) is 5.73 Å². The van der Waals surface area contributed by atoms with Gasteiger partial charge in [-0.2, -0.15) is 5.11 Å². The zero-order chi connectivity index (χ0) is 6.97. The molecule has 0 radical (unpaired) electrons. The molecule has 1 aromatic heterocycles. The van der Waals surface area contributed by atoms with Crippen LogP contribution in [0.4, 0.5) is 11.5 Å². The van der Waals surface area contributed by atoms with Crippen molar-refractivity contribution in [3.8, 4) is 0 Å². The van der Waals surface area contributed by atoms with E-state index in [1.165, 1.54) is 6.33 Å². The summed E-state index contributed by atoms with van der Waals surface area (Å²) < 4.78 is 0. The molecule has 0 atom stereocenters. The molecule has 0 bridgehead atoms.